The number of esters is 1. The molecule has 0 heterocycles. The van der Waals surface area contributed by atoms with Gasteiger partial charge in [0.25, 0.3) is 5.91 Å². The fourth-order valence-electron chi connectivity index (χ4n) is 1.98. The van der Waals surface area contributed by atoms with E-state index in [1.165, 1.54) is 6.07 Å². The summed E-state index contributed by atoms with van der Waals surface area (Å²) in [6.45, 7) is -0.795. The van der Waals surface area contributed by atoms with E-state index in [2.05, 4.69) is 4.74 Å². The minimum Gasteiger partial charge on any atom is -0.477 e. The Kier molecular flexibility index (Phi) is 5.96. The first-order valence-electron chi connectivity index (χ1n) is 7.17. The molecule has 0 bridgehead atoms. The zero-order valence-corrected chi connectivity index (χ0v) is 13.6. The Morgan fingerprint density at radius 3 is 2.48 bits per heavy atom. The van der Waals surface area contributed by atoms with E-state index in [1.54, 1.807) is 0 Å². The highest BCUT2D eigenvalue weighted by Gasteiger charge is 2.21. The number of hydrogen-bond donors (Lipinski definition) is 1. The molecule has 1 amide bonds. The molecule has 0 unspecified atom stereocenters. The molecule has 0 aliphatic carbocycles. The van der Waals surface area contributed by atoms with Gasteiger partial charge in [-0.05, 0) is 24.3 Å². The molecule has 2 rings (SSSR count). The number of nitrogens with zero attached hydrogens (tertiary/aromatic N) is 1. The van der Waals surface area contributed by atoms with E-state index in [-0.39, 0.29) is 11.3 Å². The first kappa shape index (κ1) is 19.7. The quantitative estimate of drug-likeness (QED) is 0.355. The van der Waals surface area contributed by atoms with Crippen molar-refractivity contribution in [3.05, 3.63) is 63.5 Å². The summed E-state index contributed by atoms with van der Waals surface area (Å²) in [6.07, 6.45) is 0. The molecular formula is C16H11F3N2O6. The van der Waals surface area contributed by atoms with Gasteiger partial charge in [-0.25, -0.2) is 18.0 Å². The first-order valence-corrected chi connectivity index (χ1v) is 7.17. The Hall–Kier alpha value is -3.63. The summed E-state index contributed by atoms with van der Waals surface area (Å²) in [6, 6.07) is 4.58. The van der Waals surface area contributed by atoms with E-state index in [0.717, 1.165) is 25.3 Å². The molecule has 0 saturated carbocycles. The lowest BCUT2D eigenvalue weighted by molar-refractivity contribution is -0.385. The summed E-state index contributed by atoms with van der Waals surface area (Å²) < 4.78 is 48.9. The molecule has 2 aromatic rings. The second-order valence-electron chi connectivity index (χ2n) is 4.99. The molecule has 27 heavy (non-hydrogen) atoms. The number of nitro benzene ring substituents is 1. The minimum atomic E-state index is -1.76. The van der Waals surface area contributed by atoms with E-state index in [4.69, 9.17) is 4.74 Å². The minimum absolute atomic E-state index is 0.107. The van der Waals surface area contributed by atoms with E-state index in [0.29, 0.717) is 6.07 Å². The van der Waals surface area contributed by atoms with Gasteiger partial charge in [0.05, 0.1) is 23.3 Å². The van der Waals surface area contributed by atoms with Gasteiger partial charge in [0.2, 0.25) is 0 Å². The number of rotatable bonds is 6. The number of nitrogens with one attached hydrogen (secondary N) is 1. The molecule has 11 heteroatoms. The van der Waals surface area contributed by atoms with Gasteiger partial charge in [0.1, 0.15) is 0 Å². The predicted molar refractivity (Wildman–Crippen MR) is 84.9 cm³/mol. The standard InChI is InChI=1S/C16H11F3N2O6/c1-26-16(23)8-2-5-12(11(6-8)21(24)25)27-7-13(22)20-10-4-3-9(17)14(18)15(10)19/h2-6H,7H2,1H3,(H,20,22). The maximum Gasteiger partial charge on any atom is 0.338 e. The molecular weight excluding hydrogens is 373 g/mol. The van der Waals surface area contributed by atoms with Gasteiger partial charge in [-0.15, -0.1) is 0 Å². The third-order valence-electron chi connectivity index (χ3n) is 3.24. The maximum atomic E-state index is 13.5. The molecule has 1 N–H and O–H groups in total. The number of anilines is 1. The third-order valence-corrected chi connectivity index (χ3v) is 3.24. The van der Waals surface area contributed by atoms with Crippen molar-refractivity contribution in [2.45, 2.75) is 0 Å². The van der Waals surface area contributed by atoms with E-state index in [1.807, 2.05) is 5.32 Å². The zero-order valence-electron chi connectivity index (χ0n) is 13.6. The lowest BCUT2D eigenvalue weighted by Crippen LogP contribution is -2.21. The molecule has 0 aromatic heterocycles. The molecule has 0 fully saturated rings. The van der Waals surface area contributed by atoms with Crippen molar-refractivity contribution < 1.29 is 37.2 Å². The molecule has 0 aliphatic rings. The number of carbonyl (C=O) groups is 2. The number of ether oxygens (including phenoxy) is 2. The molecule has 0 saturated heterocycles. The molecule has 0 radical (unpaired) electrons. The van der Waals surface area contributed by atoms with Crippen LogP contribution < -0.4 is 10.1 Å². The molecule has 8 nitrogen and oxygen atoms in total. The number of nitro groups is 1. The maximum absolute atomic E-state index is 13.5. The van der Waals surface area contributed by atoms with Crippen LogP contribution in [0.2, 0.25) is 0 Å². The monoisotopic (exact) mass is 384 g/mol. The van der Waals surface area contributed by atoms with Crippen LogP contribution in [-0.4, -0.2) is 30.5 Å². The highest BCUT2D eigenvalue weighted by molar-refractivity contribution is 5.92. The average Bonchev–Trinajstić information content (AvgIpc) is 2.66. The summed E-state index contributed by atoms with van der Waals surface area (Å²) in [5.74, 6) is -6.92. The summed E-state index contributed by atoms with van der Waals surface area (Å²) in [7, 11) is 1.10. The second kappa shape index (κ2) is 8.17. The Bertz CT molecular complexity index is 919. The smallest absolute Gasteiger partial charge is 0.338 e. The largest absolute Gasteiger partial charge is 0.477 e. The molecule has 0 aliphatic heterocycles. The Labute approximate surface area is 149 Å². The van der Waals surface area contributed by atoms with Crippen molar-refractivity contribution in [1.29, 1.82) is 0 Å². The van der Waals surface area contributed by atoms with E-state index >= 15 is 0 Å². The Balaban J connectivity index is 2.12. The number of carbonyl (C=O) groups excluding carboxylic acids is 2. The lowest BCUT2D eigenvalue weighted by Gasteiger charge is -2.09. The zero-order chi connectivity index (χ0) is 20.1. The van der Waals surface area contributed by atoms with Crippen molar-refractivity contribution >= 4 is 23.3 Å². The van der Waals surface area contributed by atoms with Crippen molar-refractivity contribution in [3.8, 4) is 5.75 Å². The van der Waals surface area contributed by atoms with Crippen LogP contribution in [0, 0.1) is 27.6 Å². The lowest BCUT2D eigenvalue weighted by atomic mass is 10.2. The molecule has 0 spiro atoms. The number of halogens is 3. The number of methoxy groups -OCH3 is 1. The second-order valence-corrected chi connectivity index (χ2v) is 4.99. The van der Waals surface area contributed by atoms with Crippen LogP contribution in [0.15, 0.2) is 30.3 Å². The Morgan fingerprint density at radius 2 is 1.85 bits per heavy atom. The predicted octanol–water partition coefficient (Wildman–Crippen LogP) is 2.82. The van der Waals surface area contributed by atoms with Crippen LogP contribution in [0.25, 0.3) is 0 Å². The van der Waals surface area contributed by atoms with Crippen LogP contribution in [0.3, 0.4) is 0 Å². The summed E-state index contributed by atoms with van der Waals surface area (Å²) in [5, 5.41) is 13.0. The van der Waals surface area contributed by atoms with Crippen molar-refractivity contribution in [2.75, 3.05) is 19.0 Å². The molecule has 142 valence electrons. The van der Waals surface area contributed by atoms with Gasteiger partial charge in [-0.1, -0.05) is 0 Å². The van der Waals surface area contributed by atoms with Gasteiger partial charge in [-0.3, -0.25) is 14.9 Å². The van der Waals surface area contributed by atoms with Crippen LogP contribution in [0.4, 0.5) is 24.5 Å². The van der Waals surface area contributed by atoms with Crippen LogP contribution >= 0.6 is 0 Å². The van der Waals surface area contributed by atoms with Gasteiger partial charge in [0.15, 0.2) is 29.8 Å². The van der Waals surface area contributed by atoms with Crippen molar-refractivity contribution in [3.63, 3.8) is 0 Å². The van der Waals surface area contributed by atoms with E-state index < -0.39 is 52.2 Å². The molecule has 2 aromatic carbocycles. The third kappa shape index (κ3) is 4.51. The fourth-order valence-corrected chi connectivity index (χ4v) is 1.98. The van der Waals surface area contributed by atoms with Gasteiger partial charge in [0, 0.05) is 6.07 Å². The topological polar surface area (TPSA) is 108 Å². The van der Waals surface area contributed by atoms with Crippen LogP contribution in [-0.2, 0) is 9.53 Å². The number of benzene rings is 2. The number of hydrogen-bond acceptors (Lipinski definition) is 6. The van der Waals surface area contributed by atoms with Crippen LogP contribution in [0.5, 0.6) is 5.75 Å². The van der Waals surface area contributed by atoms with Gasteiger partial charge < -0.3 is 14.8 Å². The average molecular weight is 384 g/mol. The highest BCUT2D eigenvalue weighted by Crippen LogP contribution is 2.28. The van der Waals surface area contributed by atoms with Gasteiger partial charge in [-0.2, -0.15) is 0 Å². The molecule has 0 atom stereocenters. The Morgan fingerprint density at radius 1 is 1.15 bits per heavy atom. The van der Waals surface area contributed by atoms with Crippen LogP contribution in [0.1, 0.15) is 10.4 Å². The fraction of sp³-hybridized carbons (Fsp3) is 0.125. The van der Waals surface area contributed by atoms with Crippen molar-refractivity contribution in [1.82, 2.24) is 0 Å². The SMILES string of the molecule is COC(=O)c1ccc(OCC(=O)Nc2ccc(F)c(F)c2F)c([N+](=O)[O-])c1. The van der Waals surface area contributed by atoms with Crippen molar-refractivity contribution in [2.24, 2.45) is 0 Å². The van der Waals surface area contributed by atoms with Gasteiger partial charge >= 0.3 is 11.7 Å². The van der Waals surface area contributed by atoms with E-state index in [9.17, 15) is 32.9 Å². The highest BCUT2D eigenvalue weighted by atomic mass is 19.2. The summed E-state index contributed by atoms with van der Waals surface area (Å²) in [5.41, 5.74) is -1.34. The first-order chi connectivity index (χ1) is 12.7. The number of amides is 1. The summed E-state index contributed by atoms with van der Waals surface area (Å²) in [4.78, 5) is 33.4. The summed E-state index contributed by atoms with van der Waals surface area (Å²) >= 11 is 0. The normalized spacial score (nSPS) is 10.2.